The Morgan fingerprint density at radius 3 is 1.51 bits per heavy atom. The minimum atomic E-state index is -2.59. The molecular weight excluding hydrogens is 577 g/mol. The van der Waals surface area contributed by atoms with Crippen molar-refractivity contribution in [2.24, 2.45) is 0 Å². The molecule has 0 aromatic carbocycles. The number of aliphatic hydroxyl groups is 2. The van der Waals surface area contributed by atoms with Gasteiger partial charge in [0.2, 0.25) is 0 Å². The third kappa shape index (κ3) is 23.0. The molecule has 0 saturated carbocycles. The second kappa shape index (κ2) is 19.2. The Labute approximate surface area is 247 Å². The van der Waals surface area contributed by atoms with Crippen LogP contribution >= 0.6 is 0 Å². The van der Waals surface area contributed by atoms with Gasteiger partial charge in [-0.05, 0) is 84.0 Å². The molecule has 0 aliphatic carbocycles. The Hall–Kier alpha value is 0.804. The van der Waals surface area contributed by atoms with E-state index in [0.29, 0.717) is 6.61 Å². The van der Waals surface area contributed by atoms with E-state index < -0.39 is 48.4 Å². The standard InChI is InChI=1S/C27H66O7Si5/c1-12-13-14-15-16-17-18-19-20-23-39(11,33-37(8,9)31-35(2,3)4)34-38(10,32-36(5,6)7)24-21-22-30-26-27(29)25-28/h27-29H,12-26H2,1-11H3. The monoisotopic (exact) mass is 642 g/mol. The van der Waals surface area contributed by atoms with Crippen molar-refractivity contribution in [1.82, 2.24) is 0 Å². The van der Waals surface area contributed by atoms with Crippen molar-refractivity contribution < 1.29 is 31.4 Å². The quantitative estimate of drug-likeness (QED) is 0.0774. The van der Waals surface area contributed by atoms with Crippen LogP contribution in [0, 0.1) is 0 Å². The van der Waals surface area contributed by atoms with Gasteiger partial charge in [0.1, 0.15) is 6.10 Å². The first kappa shape index (κ1) is 39.8. The SMILES string of the molecule is CCCCCCCCCCC[Si](C)(O[Si](C)(C)O[Si](C)(C)C)O[Si](C)(CCCOCC(O)CO)O[Si](C)(C)C. The van der Waals surface area contributed by atoms with E-state index in [4.69, 9.17) is 26.3 Å². The maximum atomic E-state index is 9.57. The van der Waals surface area contributed by atoms with E-state index in [1.54, 1.807) is 0 Å². The molecule has 0 spiro atoms. The second-order valence-corrected chi connectivity index (χ2v) is 33.9. The van der Waals surface area contributed by atoms with Crippen LogP contribution < -0.4 is 0 Å². The minimum absolute atomic E-state index is 0.145. The van der Waals surface area contributed by atoms with Crippen molar-refractivity contribution in [3.63, 3.8) is 0 Å². The zero-order valence-corrected chi connectivity index (χ0v) is 32.6. The molecule has 236 valence electrons. The highest BCUT2D eigenvalue weighted by atomic mass is 28.5. The molecule has 0 amide bonds. The summed E-state index contributed by atoms with van der Waals surface area (Å²) in [5.74, 6) is 0. The van der Waals surface area contributed by atoms with E-state index >= 15 is 0 Å². The van der Waals surface area contributed by atoms with E-state index in [-0.39, 0.29) is 13.2 Å². The number of hydrogen-bond donors (Lipinski definition) is 2. The summed E-state index contributed by atoms with van der Waals surface area (Å²) in [5, 5.41) is 18.6. The predicted molar refractivity (Wildman–Crippen MR) is 177 cm³/mol. The third-order valence-electron chi connectivity index (χ3n) is 6.14. The summed E-state index contributed by atoms with van der Waals surface area (Å²) in [7, 11) is -11.2. The summed E-state index contributed by atoms with van der Waals surface area (Å²) >= 11 is 0. The van der Waals surface area contributed by atoms with E-state index in [2.05, 4.69) is 72.4 Å². The number of ether oxygens (including phenoxy) is 1. The Morgan fingerprint density at radius 1 is 0.564 bits per heavy atom. The zero-order valence-electron chi connectivity index (χ0n) is 27.6. The van der Waals surface area contributed by atoms with Gasteiger partial charge in [-0.15, -0.1) is 0 Å². The summed E-state index contributed by atoms with van der Waals surface area (Å²) < 4.78 is 33.2. The van der Waals surface area contributed by atoms with Gasteiger partial charge in [-0.3, -0.25) is 0 Å². The molecular formula is C27H66O7Si5. The van der Waals surface area contributed by atoms with Crippen molar-refractivity contribution in [2.45, 2.75) is 155 Å². The van der Waals surface area contributed by atoms with Crippen LogP contribution in [-0.4, -0.2) is 78.5 Å². The van der Waals surface area contributed by atoms with Crippen molar-refractivity contribution in [3.8, 4) is 0 Å². The third-order valence-corrected chi connectivity index (χ3v) is 24.4. The fourth-order valence-electron chi connectivity index (χ4n) is 5.15. The van der Waals surface area contributed by atoms with Gasteiger partial charge < -0.3 is 31.4 Å². The summed E-state index contributed by atoms with van der Waals surface area (Å²) in [4.78, 5) is 0. The van der Waals surface area contributed by atoms with Gasteiger partial charge >= 0.3 is 25.7 Å². The number of hydrogen-bond acceptors (Lipinski definition) is 7. The molecule has 0 bridgehead atoms. The Morgan fingerprint density at radius 2 is 1.03 bits per heavy atom. The van der Waals surface area contributed by atoms with Crippen molar-refractivity contribution in [1.29, 1.82) is 0 Å². The Bertz CT molecular complexity index is 631. The van der Waals surface area contributed by atoms with Gasteiger partial charge in [0, 0.05) is 6.61 Å². The lowest BCUT2D eigenvalue weighted by molar-refractivity contribution is 0.00623. The largest absolute Gasteiger partial charge is 0.437 e. The topological polar surface area (TPSA) is 86.6 Å². The molecule has 3 unspecified atom stereocenters. The molecule has 0 radical (unpaired) electrons. The van der Waals surface area contributed by atoms with E-state index in [9.17, 15) is 5.11 Å². The first-order chi connectivity index (χ1) is 17.8. The van der Waals surface area contributed by atoms with Crippen molar-refractivity contribution in [2.75, 3.05) is 19.8 Å². The minimum Gasteiger partial charge on any atom is -0.437 e. The lowest BCUT2D eigenvalue weighted by Crippen LogP contribution is -2.60. The van der Waals surface area contributed by atoms with Crippen LogP contribution in [0.25, 0.3) is 0 Å². The molecule has 0 fully saturated rings. The maximum absolute atomic E-state index is 9.57. The molecule has 0 aliphatic rings. The van der Waals surface area contributed by atoms with Crippen molar-refractivity contribution >= 4 is 42.3 Å². The number of rotatable bonds is 25. The number of aliphatic hydroxyl groups excluding tert-OH is 2. The summed E-state index contributed by atoms with van der Waals surface area (Å²) in [5.41, 5.74) is 0. The molecule has 0 aliphatic heterocycles. The van der Waals surface area contributed by atoms with Crippen LogP contribution in [0.15, 0.2) is 0 Å². The van der Waals surface area contributed by atoms with Crippen LogP contribution in [0.1, 0.15) is 71.1 Å². The highest BCUT2D eigenvalue weighted by Crippen LogP contribution is 2.32. The lowest BCUT2D eigenvalue weighted by Gasteiger charge is -2.44. The first-order valence-corrected chi connectivity index (χ1v) is 30.2. The molecule has 0 aromatic rings. The van der Waals surface area contributed by atoms with Crippen LogP contribution in [0.4, 0.5) is 0 Å². The summed E-state index contributed by atoms with van der Waals surface area (Å²) in [6.45, 7) is 24.8. The molecule has 0 rings (SSSR count). The van der Waals surface area contributed by atoms with Crippen LogP contribution in [0.5, 0.6) is 0 Å². The van der Waals surface area contributed by atoms with Gasteiger partial charge in [0.25, 0.3) is 0 Å². The van der Waals surface area contributed by atoms with Gasteiger partial charge in [0.05, 0.1) is 13.2 Å². The average Bonchev–Trinajstić information content (AvgIpc) is 2.73. The number of unbranched alkanes of at least 4 members (excludes halogenated alkanes) is 8. The molecule has 2 N–H and O–H groups in total. The molecule has 0 heterocycles. The molecule has 3 atom stereocenters. The van der Waals surface area contributed by atoms with Crippen molar-refractivity contribution in [3.05, 3.63) is 0 Å². The molecule has 0 saturated heterocycles. The summed E-state index contributed by atoms with van der Waals surface area (Å²) in [6.07, 6.45) is 11.6. The van der Waals surface area contributed by atoms with Gasteiger partial charge in [-0.2, -0.15) is 0 Å². The van der Waals surface area contributed by atoms with E-state index in [1.165, 1.54) is 51.4 Å². The predicted octanol–water partition coefficient (Wildman–Crippen LogP) is 7.86. The summed E-state index contributed by atoms with van der Waals surface area (Å²) in [6, 6.07) is 1.78. The normalized spacial score (nSPS) is 17.2. The Balaban J connectivity index is 5.43. The first-order valence-electron chi connectivity index (χ1n) is 15.5. The fraction of sp³-hybridized carbons (Fsp3) is 1.00. The van der Waals surface area contributed by atoms with Crippen LogP contribution in [0.2, 0.25) is 77.6 Å². The molecule has 0 aromatic heterocycles. The molecule has 7 nitrogen and oxygen atoms in total. The van der Waals surface area contributed by atoms with Gasteiger partial charge in [-0.1, -0.05) is 64.7 Å². The maximum Gasteiger partial charge on any atom is 0.317 e. The van der Waals surface area contributed by atoms with Crippen LogP contribution in [0.3, 0.4) is 0 Å². The highest BCUT2D eigenvalue weighted by molar-refractivity contribution is 6.90. The highest BCUT2D eigenvalue weighted by Gasteiger charge is 2.48. The van der Waals surface area contributed by atoms with E-state index in [1.807, 2.05) is 0 Å². The molecule has 39 heavy (non-hydrogen) atoms. The average molecular weight is 643 g/mol. The van der Waals surface area contributed by atoms with Gasteiger partial charge in [0.15, 0.2) is 16.6 Å². The lowest BCUT2D eigenvalue weighted by atomic mass is 10.1. The Kier molecular flexibility index (Phi) is 19.6. The van der Waals surface area contributed by atoms with E-state index in [0.717, 1.165) is 24.9 Å². The van der Waals surface area contributed by atoms with Gasteiger partial charge in [-0.25, -0.2) is 0 Å². The zero-order chi connectivity index (χ0) is 30.2. The van der Waals surface area contributed by atoms with Crippen LogP contribution in [-0.2, 0) is 21.2 Å². The molecule has 12 heteroatoms. The second-order valence-electron chi connectivity index (χ2n) is 13.9. The smallest absolute Gasteiger partial charge is 0.317 e. The fourth-order valence-corrected chi connectivity index (χ4v) is 29.0.